The third-order valence-electron chi connectivity index (χ3n) is 2.38. The zero-order chi connectivity index (χ0) is 10.8. The van der Waals surface area contributed by atoms with Crippen molar-refractivity contribution in [2.75, 3.05) is 5.32 Å². The number of nitrogens with one attached hydrogen (secondary N) is 1. The van der Waals surface area contributed by atoms with Crippen molar-refractivity contribution in [1.82, 2.24) is 0 Å². The second-order valence-corrected chi connectivity index (χ2v) is 4.04. The zero-order valence-electron chi connectivity index (χ0n) is 9.37. The van der Waals surface area contributed by atoms with Gasteiger partial charge in [-0.3, -0.25) is 0 Å². The van der Waals surface area contributed by atoms with E-state index in [0.717, 1.165) is 5.69 Å². The van der Waals surface area contributed by atoms with E-state index in [0.29, 0.717) is 12.6 Å². The molecule has 1 aliphatic heterocycles. The van der Waals surface area contributed by atoms with Crippen LogP contribution in [-0.4, -0.2) is 12.1 Å². The first-order valence-electron chi connectivity index (χ1n) is 5.23. The maximum absolute atomic E-state index is 5.53. The minimum atomic E-state index is 0.249. The van der Waals surface area contributed by atoms with Crippen LogP contribution >= 0.6 is 0 Å². The maximum Gasteiger partial charge on any atom is 0.289 e. The molecule has 0 unspecified atom stereocenters. The minimum Gasteiger partial charge on any atom is -0.460 e. The lowest BCUT2D eigenvalue weighted by Crippen LogP contribution is -2.24. The molecule has 0 atom stereocenters. The van der Waals surface area contributed by atoms with E-state index < -0.39 is 0 Å². The molecule has 0 radical (unpaired) electrons. The molecule has 0 fully saturated rings. The van der Waals surface area contributed by atoms with Crippen molar-refractivity contribution in [3.8, 4) is 0 Å². The van der Waals surface area contributed by atoms with Gasteiger partial charge in [0.15, 0.2) is 0 Å². The van der Waals surface area contributed by atoms with Crippen molar-refractivity contribution >= 4 is 11.7 Å². The number of hydrogen-bond donors (Lipinski definition) is 1. The highest BCUT2D eigenvalue weighted by Gasteiger charge is 2.15. The van der Waals surface area contributed by atoms with E-state index in [9.17, 15) is 0 Å². The molecule has 0 aromatic heterocycles. The first-order valence-corrected chi connectivity index (χ1v) is 5.23. The number of nitrogens with zero attached hydrogens (tertiary/aromatic N) is 1. The number of ether oxygens (including phenoxy) is 1. The predicted octanol–water partition coefficient (Wildman–Crippen LogP) is 2.70. The number of hydrogen-bond acceptors (Lipinski definition) is 2. The van der Waals surface area contributed by atoms with Crippen molar-refractivity contribution in [3.63, 3.8) is 0 Å². The first-order chi connectivity index (χ1) is 7.16. The molecule has 0 spiro atoms. The number of benzene rings is 1. The Kier molecular flexibility index (Phi) is 2.62. The Morgan fingerprint density at radius 2 is 2.20 bits per heavy atom. The Morgan fingerprint density at radius 1 is 1.40 bits per heavy atom. The van der Waals surface area contributed by atoms with Gasteiger partial charge in [-0.05, 0) is 32.4 Å². The summed E-state index contributed by atoms with van der Waals surface area (Å²) in [6, 6.07) is 7.07. The van der Waals surface area contributed by atoms with Gasteiger partial charge in [0, 0.05) is 17.3 Å². The van der Waals surface area contributed by atoms with Crippen LogP contribution < -0.4 is 5.32 Å². The molecule has 15 heavy (non-hydrogen) atoms. The SMILES string of the molecule is Cc1cccc2c1COC(=NC(C)C)N2. The van der Waals surface area contributed by atoms with Gasteiger partial charge in [-0.15, -0.1) is 0 Å². The van der Waals surface area contributed by atoms with Gasteiger partial charge in [0.1, 0.15) is 6.61 Å². The summed E-state index contributed by atoms with van der Waals surface area (Å²) < 4.78 is 5.53. The van der Waals surface area contributed by atoms with E-state index in [1.165, 1.54) is 11.1 Å². The van der Waals surface area contributed by atoms with Gasteiger partial charge in [0.25, 0.3) is 6.02 Å². The van der Waals surface area contributed by atoms with E-state index >= 15 is 0 Å². The van der Waals surface area contributed by atoms with Crippen LogP contribution in [0.3, 0.4) is 0 Å². The zero-order valence-corrected chi connectivity index (χ0v) is 9.37. The standard InChI is InChI=1S/C12H16N2O/c1-8(2)13-12-14-11-6-4-5-9(3)10(11)7-15-12/h4-6,8H,7H2,1-3H3,(H,13,14). The van der Waals surface area contributed by atoms with Crippen LogP contribution in [0.15, 0.2) is 23.2 Å². The van der Waals surface area contributed by atoms with E-state index in [-0.39, 0.29) is 6.04 Å². The Hall–Kier alpha value is -1.51. The summed E-state index contributed by atoms with van der Waals surface area (Å²) in [5.41, 5.74) is 3.59. The van der Waals surface area contributed by atoms with Crippen molar-refractivity contribution in [3.05, 3.63) is 29.3 Å². The van der Waals surface area contributed by atoms with Crippen molar-refractivity contribution in [2.45, 2.75) is 33.4 Å². The number of anilines is 1. The lowest BCUT2D eigenvalue weighted by atomic mass is 10.1. The van der Waals surface area contributed by atoms with Crippen molar-refractivity contribution < 1.29 is 4.74 Å². The second kappa shape index (κ2) is 3.93. The number of aryl methyl sites for hydroxylation is 1. The third kappa shape index (κ3) is 2.12. The molecule has 1 aliphatic rings. The van der Waals surface area contributed by atoms with Gasteiger partial charge in [0.05, 0.1) is 0 Å². The highest BCUT2D eigenvalue weighted by atomic mass is 16.5. The molecule has 0 amide bonds. The average Bonchev–Trinajstić information content (AvgIpc) is 2.17. The normalized spacial score (nSPS) is 17.2. The third-order valence-corrected chi connectivity index (χ3v) is 2.38. The number of fused-ring (bicyclic) bond motifs is 1. The Bertz CT molecular complexity index is 397. The number of aliphatic imine (C=N–C) groups is 1. The molecule has 1 aromatic rings. The van der Waals surface area contributed by atoms with Crippen LogP contribution in [0.25, 0.3) is 0 Å². The van der Waals surface area contributed by atoms with Crippen LogP contribution in [0.5, 0.6) is 0 Å². The molecular weight excluding hydrogens is 188 g/mol. The minimum absolute atomic E-state index is 0.249. The first kappa shape index (κ1) is 10.0. The fourth-order valence-corrected chi connectivity index (χ4v) is 1.61. The summed E-state index contributed by atoms with van der Waals surface area (Å²) in [5, 5.41) is 3.20. The summed E-state index contributed by atoms with van der Waals surface area (Å²) in [4.78, 5) is 4.35. The van der Waals surface area contributed by atoms with Gasteiger partial charge in [-0.1, -0.05) is 12.1 Å². The molecule has 0 aliphatic carbocycles. The molecule has 0 bridgehead atoms. The highest BCUT2D eigenvalue weighted by Crippen LogP contribution is 2.24. The van der Waals surface area contributed by atoms with Gasteiger partial charge >= 0.3 is 0 Å². The van der Waals surface area contributed by atoms with Gasteiger partial charge in [0.2, 0.25) is 0 Å². The van der Waals surface area contributed by atoms with Crippen molar-refractivity contribution in [1.29, 1.82) is 0 Å². The quantitative estimate of drug-likeness (QED) is 0.763. The maximum atomic E-state index is 5.53. The molecule has 0 saturated carbocycles. The molecule has 1 N–H and O–H groups in total. The fourth-order valence-electron chi connectivity index (χ4n) is 1.61. The topological polar surface area (TPSA) is 33.6 Å². The van der Waals surface area contributed by atoms with Crippen molar-refractivity contribution in [2.24, 2.45) is 4.99 Å². The summed E-state index contributed by atoms with van der Waals surface area (Å²) >= 11 is 0. The van der Waals surface area contributed by atoms with Crippen LogP contribution in [-0.2, 0) is 11.3 Å². The smallest absolute Gasteiger partial charge is 0.289 e. The molecular formula is C12H16N2O. The van der Waals surface area contributed by atoms with Gasteiger partial charge < -0.3 is 10.1 Å². The number of rotatable bonds is 1. The molecule has 1 heterocycles. The van der Waals surface area contributed by atoms with Gasteiger partial charge in [-0.25, -0.2) is 4.99 Å². The number of amidine groups is 1. The molecule has 80 valence electrons. The van der Waals surface area contributed by atoms with Crippen LogP contribution in [0.2, 0.25) is 0 Å². The van der Waals surface area contributed by atoms with E-state index in [1.807, 2.05) is 19.9 Å². The van der Waals surface area contributed by atoms with Gasteiger partial charge in [-0.2, -0.15) is 0 Å². The van der Waals surface area contributed by atoms with E-state index in [4.69, 9.17) is 4.74 Å². The molecule has 2 rings (SSSR count). The molecule has 3 heteroatoms. The highest BCUT2D eigenvalue weighted by molar-refractivity contribution is 5.91. The van der Waals surface area contributed by atoms with Crippen LogP contribution in [0.1, 0.15) is 25.0 Å². The average molecular weight is 204 g/mol. The summed E-state index contributed by atoms with van der Waals surface area (Å²) in [7, 11) is 0. The Labute approximate surface area is 90.2 Å². The van der Waals surface area contributed by atoms with E-state index in [2.05, 4.69) is 29.4 Å². The monoisotopic (exact) mass is 204 g/mol. The lowest BCUT2D eigenvalue weighted by molar-refractivity contribution is 0.282. The Morgan fingerprint density at radius 3 is 2.93 bits per heavy atom. The molecule has 3 nitrogen and oxygen atoms in total. The lowest BCUT2D eigenvalue weighted by Gasteiger charge is -2.22. The molecule has 1 aromatic carbocycles. The van der Waals surface area contributed by atoms with E-state index in [1.54, 1.807) is 0 Å². The fraction of sp³-hybridized carbons (Fsp3) is 0.417. The van der Waals surface area contributed by atoms with Crippen LogP contribution in [0.4, 0.5) is 5.69 Å². The molecule has 0 saturated heterocycles. The summed E-state index contributed by atoms with van der Waals surface area (Å²) in [6.07, 6.45) is 0. The Balaban J connectivity index is 2.28. The summed E-state index contributed by atoms with van der Waals surface area (Å²) in [6.45, 7) is 6.77. The predicted molar refractivity (Wildman–Crippen MR) is 62.2 cm³/mol. The summed E-state index contributed by atoms with van der Waals surface area (Å²) in [5.74, 6) is 0. The second-order valence-electron chi connectivity index (χ2n) is 4.04. The van der Waals surface area contributed by atoms with Crippen LogP contribution in [0, 0.1) is 6.92 Å². The largest absolute Gasteiger partial charge is 0.460 e.